The molecule has 0 fully saturated rings. The third-order valence-electron chi connectivity index (χ3n) is 2.83. The van der Waals surface area contributed by atoms with Crippen molar-refractivity contribution in [2.24, 2.45) is 5.92 Å². The number of nitrogens with one attached hydrogen (secondary N) is 1. The number of aliphatic hydroxyl groups excluding tert-OH is 1. The van der Waals surface area contributed by atoms with Gasteiger partial charge in [0.2, 0.25) is 0 Å². The van der Waals surface area contributed by atoms with Crippen LogP contribution in [0.5, 0.6) is 0 Å². The van der Waals surface area contributed by atoms with Crippen LogP contribution in [0, 0.1) is 5.92 Å². The average Bonchev–Trinajstić information content (AvgIpc) is 2.88. The number of thiophene rings is 1. The molecule has 0 aliphatic rings. The SMILES string of the molecule is COCCOCC(O)CNC(c1cccs1)C(C)C. The molecule has 2 N–H and O–H groups in total. The Labute approximate surface area is 119 Å². The van der Waals surface area contributed by atoms with Crippen LogP contribution in [0.2, 0.25) is 0 Å². The fourth-order valence-electron chi connectivity index (χ4n) is 1.82. The lowest BCUT2D eigenvalue weighted by Crippen LogP contribution is -2.35. The largest absolute Gasteiger partial charge is 0.389 e. The highest BCUT2D eigenvalue weighted by Crippen LogP contribution is 2.25. The Morgan fingerprint density at radius 1 is 1.37 bits per heavy atom. The molecule has 0 aliphatic heterocycles. The normalized spacial score (nSPS) is 14.8. The maximum Gasteiger partial charge on any atom is 0.0897 e. The Bertz CT molecular complexity index is 317. The zero-order valence-electron chi connectivity index (χ0n) is 12.0. The van der Waals surface area contributed by atoms with E-state index in [1.54, 1.807) is 18.4 Å². The summed E-state index contributed by atoms with van der Waals surface area (Å²) in [5.41, 5.74) is 0. The molecule has 4 nitrogen and oxygen atoms in total. The number of methoxy groups -OCH3 is 1. The summed E-state index contributed by atoms with van der Waals surface area (Å²) in [5, 5.41) is 15.3. The number of hydrogen-bond acceptors (Lipinski definition) is 5. The van der Waals surface area contributed by atoms with Gasteiger partial charge in [-0.15, -0.1) is 11.3 Å². The summed E-state index contributed by atoms with van der Waals surface area (Å²) < 4.78 is 10.2. The van der Waals surface area contributed by atoms with Crippen LogP contribution in [0.4, 0.5) is 0 Å². The quantitative estimate of drug-likeness (QED) is 0.647. The molecule has 1 rings (SSSR count). The van der Waals surface area contributed by atoms with Crippen molar-refractivity contribution < 1.29 is 14.6 Å². The molecule has 0 saturated carbocycles. The van der Waals surface area contributed by atoms with Crippen molar-refractivity contribution in [2.45, 2.75) is 26.0 Å². The highest BCUT2D eigenvalue weighted by Gasteiger charge is 2.17. The molecule has 0 spiro atoms. The van der Waals surface area contributed by atoms with E-state index in [1.807, 2.05) is 0 Å². The fourth-order valence-corrected chi connectivity index (χ4v) is 2.79. The fraction of sp³-hybridized carbons (Fsp3) is 0.714. The molecule has 2 atom stereocenters. The van der Waals surface area contributed by atoms with Gasteiger partial charge in [-0.3, -0.25) is 0 Å². The van der Waals surface area contributed by atoms with Gasteiger partial charge in [-0.1, -0.05) is 19.9 Å². The Morgan fingerprint density at radius 2 is 2.16 bits per heavy atom. The number of aliphatic hydroxyl groups is 1. The number of hydrogen-bond donors (Lipinski definition) is 2. The van der Waals surface area contributed by atoms with Gasteiger partial charge in [0.1, 0.15) is 0 Å². The third kappa shape index (κ3) is 6.49. The van der Waals surface area contributed by atoms with Crippen LogP contribution < -0.4 is 5.32 Å². The van der Waals surface area contributed by atoms with Crippen LogP contribution in [0.15, 0.2) is 17.5 Å². The van der Waals surface area contributed by atoms with E-state index >= 15 is 0 Å². The van der Waals surface area contributed by atoms with Gasteiger partial charge in [-0.05, 0) is 17.4 Å². The van der Waals surface area contributed by atoms with E-state index in [0.29, 0.717) is 32.3 Å². The summed E-state index contributed by atoms with van der Waals surface area (Å²) in [5.74, 6) is 0.486. The van der Waals surface area contributed by atoms with Gasteiger partial charge < -0.3 is 19.9 Å². The zero-order chi connectivity index (χ0) is 14.1. The van der Waals surface area contributed by atoms with Crippen molar-refractivity contribution in [3.8, 4) is 0 Å². The first-order chi connectivity index (χ1) is 9.15. The van der Waals surface area contributed by atoms with E-state index in [1.165, 1.54) is 4.88 Å². The molecule has 0 aliphatic carbocycles. The Kier molecular flexibility index (Phi) is 8.25. The van der Waals surface area contributed by atoms with Gasteiger partial charge in [0.25, 0.3) is 0 Å². The van der Waals surface area contributed by atoms with Crippen LogP contribution in [-0.4, -0.2) is 44.7 Å². The van der Waals surface area contributed by atoms with Crippen molar-refractivity contribution in [3.05, 3.63) is 22.4 Å². The van der Waals surface area contributed by atoms with E-state index in [4.69, 9.17) is 9.47 Å². The highest BCUT2D eigenvalue weighted by molar-refractivity contribution is 7.10. The van der Waals surface area contributed by atoms with Crippen molar-refractivity contribution in [2.75, 3.05) is 33.5 Å². The second-order valence-corrected chi connectivity index (χ2v) is 5.85. The Balaban J connectivity index is 2.28. The van der Waals surface area contributed by atoms with Gasteiger partial charge in [-0.25, -0.2) is 0 Å². The summed E-state index contributed by atoms with van der Waals surface area (Å²) in [6.07, 6.45) is -0.488. The van der Waals surface area contributed by atoms with Crippen molar-refractivity contribution in [1.82, 2.24) is 5.32 Å². The maximum atomic E-state index is 9.85. The summed E-state index contributed by atoms with van der Waals surface area (Å²) in [6, 6.07) is 4.47. The maximum absolute atomic E-state index is 9.85. The number of ether oxygens (including phenoxy) is 2. The molecular weight excluding hydrogens is 262 g/mol. The molecular formula is C14H25NO3S. The monoisotopic (exact) mass is 287 g/mol. The predicted molar refractivity (Wildman–Crippen MR) is 78.6 cm³/mol. The molecule has 110 valence electrons. The highest BCUT2D eigenvalue weighted by atomic mass is 32.1. The zero-order valence-corrected chi connectivity index (χ0v) is 12.8. The average molecular weight is 287 g/mol. The molecule has 1 heterocycles. The van der Waals surface area contributed by atoms with Gasteiger partial charge >= 0.3 is 0 Å². The first-order valence-electron chi connectivity index (χ1n) is 6.66. The third-order valence-corrected chi connectivity index (χ3v) is 3.79. The van der Waals surface area contributed by atoms with Crippen molar-refractivity contribution in [1.29, 1.82) is 0 Å². The topological polar surface area (TPSA) is 50.7 Å². The first kappa shape index (κ1) is 16.6. The first-order valence-corrected chi connectivity index (χ1v) is 7.54. The van der Waals surface area contributed by atoms with Crippen LogP contribution in [0.3, 0.4) is 0 Å². The molecule has 5 heteroatoms. The summed E-state index contributed by atoms with van der Waals surface area (Å²) in [7, 11) is 1.63. The summed E-state index contributed by atoms with van der Waals surface area (Å²) in [4.78, 5) is 1.31. The summed E-state index contributed by atoms with van der Waals surface area (Å²) in [6.45, 7) is 6.31. The second kappa shape index (κ2) is 9.44. The lowest BCUT2D eigenvalue weighted by atomic mass is 10.0. The molecule has 0 saturated heterocycles. The molecule has 19 heavy (non-hydrogen) atoms. The molecule has 0 aromatic carbocycles. The number of rotatable bonds is 10. The smallest absolute Gasteiger partial charge is 0.0897 e. The van der Waals surface area contributed by atoms with Gasteiger partial charge in [0.15, 0.2) is 0 Å². The second-order valence-electron chi connectivity index (χ2n) is 4.87. The van der Waals surface area contributed by atoms with E-state index in [2.05, 4.69) is 36.7 Å². The lowest BCUT2D eigenvalue weighted by Gasteiger charge is -2.23. The Hall–Kier alpha value is -0.460. The van der Waals surface area contributed by atoms with Crippen LogP contribution in [-0.2, 0) is 9.47 Å². The van der Waals surface area contributed by atoms with E-state index in [0.717, 1.165) is 0 Å². The molecule has 1 aromatic heterocycles. The lowest BCUT2D eigenvalue weighted by molar-refractivity contribution is 0.0124. The van der Waals surface area contributed by atoms with E-state index in [9.17, 15) is 5.11 Å². The van der Waals surface area contributed by atoms with E-state index < -0.39 is 6.10 Å². The molecule has 0 bridgehead atoms. The minimum atomic E-state index is -0.488. The van der Waals surface area contributed by atoms with Crippen LogP contribution >= 0.6 is 11.3 Å². The van der Waals surface area contributed by atoms with Crippen LogP contribution in [0.25, 0.3) is 0 Å². The Morgan fingerprint density at radius 3 is 2.74 bits per heavy atom. The van der Waals surface area contributed by atoms with Gasteiger partial charge in [0.05, 0.1) is 25.9 Å². The standard InChI is InChI=1S/C14H25NO3S/c1-11(2)14(13-5-4-8-19-13)15-9-12(16)10-18-7-6-17-3/h4-5,8,11-12,14-16H,6-7,9-10H2,1-3H3. The molecule has 0 radical (unpaired) electrons. The predicted octanol–water partition coefficient (Wildman–Crippen LogP) is 2.06. The van der Waals surface area contributed by atoms with Crippen molar-refractivity contribution >= 4 is 11.3 Å². The molecule has 2 unspecified atom stereocenters. The van der Waals surface area contributed by atoms with Gasteiger partial charge in [0, 0.05) is 24.6 Å². The van der Waals surface area contributed by atoms with Gasteiger partial charge in [-0.2, -0.15) is 0 Å². The summed E-state index contributed by atoms with van der Waals surface area (Å²) >= 11 is 1.74. The molecule has 1 aromatic rings. The van der Waals surface area contributed by atoms with Crippen LogP contribution in [0.1, 0.15) is 24.8 Å². The minimum absolute atomic E-state index is 0.286. The van der Waals surface area contributed by atoms with Crippen molar-refractivity contribution in [3.63, 3.8) is 0 Å². The molecule has 0 amide bonds. The van der Waals surface area contributed by atoms with E-state index in [-0.39, 0.29) is 6.04 Å². The minimum Gasteiger partial charge on any atom is -0.389 e.